The lowest BCUT2D eigenvalue weighted by Gasteiger charge is -2.25. The van der Waals surface area contributed by atoms with Gasteiger partial charge in [-0.25, -0.2) is 14.4 Å². The number of nitrogens with two attached hydrogens (primary N) is 1. The first kappa shape index (κ1) is 24.2. The van der Waals surface area contributed by atoms with Crippen molar-refractivity contribution in [2.45, 2.75) is 38.6 Å². The molecule has 1 aliphatic heterocycles. The first-order valence-electron chi connectivity index (χ1n) is 10.1. The van der Waals surface area contributed by atoms with Gasteiger partial charge in [-0.05, 0) is 17.7 Å². The number of ether oxygens (including phenoxy) is 3. The van der Waals surface area contributed by atoms with Crippen LogP contribution in [0, 0.1) is 0 Å². The van der Waals surface area contributed by atoms with Gasteiger partial charge in [-0.15, -0.1) is 0 Å². The third-order valence-corrected chi connectivity index (χ3v) is 4.98. The molecule has 0 saturated carbocycles. The lowest BCUT2D eigenvalue weighted by atomic mass is 10.0. The highest BCUT2D eigenvalue weighted by molar-refractivity contribution is 6.00. The lowest BCUT2D eigenvalue weighted by Crippen LogP contribution is -2.46. The molecule has 11 heteroatoms. The van der Waals surface area contributed by atoms with Gasteiger partial charge in [0.15, 0.2) is 0 Å². The van der Waals surface area contributed by atoms with Gasteiger partial charge in [0.05, 0.1) is 11.4 Å². The van der Waals surface area contributed by atoms with E-state index in [2.05, 4.69) is 0 Å². The molecular weight excluding hydrogens is 448 g/mol. The molecule has 34 heavy (non-hydrogen) atoms. The van der Waals surface area contributed by atoms with E-state index in [0.29, 0.717) is 22.5 Å². The van der Waals surface area contributed by atoms with Crippen LogP contribution in [0.3, 0.4) is 0 Å². The standard InChI is InChI=1S/C23H22N2O9/c1-12(26)32-19(21(28)29)20(33-13(2)27)22(30)34-18-11-14-7-3-5-9-16(14)25(23(24)31)17-10-6-4-8-15(17)18/h3-10,18-20H,11H2,1-2H3,(H2,24,31)(H,28,29)/t18-,19-,20-/m1/s1. The number of aliphatic carboxylic acids is 1. The normalized spacial score (nSPS) is 16.1. The summed E-state index contributed by atoms with van der Waals surface area (Å²) < 4.78 is 15.2. The van der Waals surface area contributed by atoms with Gasteiger partial charge in [0, 0.05) is 25.8 Å². The van der Waals surface area contributed by atoms with E-state index in [0.717, 1.165) is 13.8 Å². The van der Waals surface area contributed by atoms with Crippen LogP contribution in [0.25, 0.3) is 0 Å². The Morgan fingerprint density at radius 2 is 1.47 bits per heavy atom. The molecule has 0 fully saturated rings. The number of para-hydroxylation sites is 2. The van der Waals surface area contributed by atoms with Crippen molar-refractivity contribution in [3.05, 3.63) is 59.7 Å². The van der Waals surface area contributed by atoms with Gasteiger partial charge in [0.1, 0.15) is 6.10 Å². The highest BCUT2D eigenvalue weighted by Crippen LogP contribution is 2.41. The summed E-state index contributed by atoms with van der Waals surface area (Å²) in [4.78, 5) is 61.3. The van der Waals surface area contributed by atoms with Crippen LogP contribution >= 0.6 is 0 Å². The summed E-state index contributed by atoms with van der Waals surface area (Å²) in [5.41, 5.74) is 7.52. The molecule has 0 bridgehead atoms. The number of hydrogen-bond donors (Lipinski definition) is 2. The third-order valence-electron chi connectivity index (χ3n) is 4.98. The van der Waals surface area contributed by atoms with E-state index in [-0.39, 0.29) is 6.42 Å². The lowest BCUT2D eigenvalue weighted by molar-refractivity contribution is -0.190. The maximum atomic E-state index is 13.1. The van der Waals surface area contributed by atoms with Crippen molar-refractivity contribution in [3.63, 3.8) is 0 Å². The number of urea groups is 1. The van der Waals surface area contributed by atoms with Gasteiger partial charge in [-0.1, -0.05) is 36.4 Å². The minimum absolute atomic E-state index is 0.0980. The molecule has 2 amide bonds. The Balaban J connectivity index is 2.04. The van der Waals surface area contributed by atoms with Crippen LogP contribution in [0.1, 0.15) is 31.1 Å². The molecule has 178 valence electrons. The van der Waals surface area contributed by atoms with Crippen molar-refractivity contribution in [1.82, 2.24) is 0 Å². The van der Waals surface area contributed by atoms with E-state index < -0.39 is 48.2 Å². The quantitative estimate of drug-likeness (QED) is 0.475. The molecule has 3 N–H and O–H groups in total. The molecule has 2 aromatic rings. The molecule has 2 aromatic carbocycles. The summed E-state index contributed by atoms with van der Waals surface area (Å²) in [7, 11) is 0. The number of carboxylic acid groups (broad SMARTS) is 1. The molecule has 3 rings (SSSR count). The van der Waals surface area contributed by atoms with E-state index in [1.807, 2.05) is 0 Å². The summed E-state index contributed by atoms with van der Waals surface area (Å²) in [6.07, 6.45) is -5.10. The Morgan fingerprint density at radius 3 is 2.06 bits per heavy atom. The second kappa shape index (κ2) is 10.0. The van der Waals surface area contributed by atoms with Crippen LogP contribution in [0.2, 0.25) is 0 Å². The fourth-order valence-corrected chi connectivity index (χ4v) is 3.69. The fraction of sp³-hybridized carbons (Fsp3) is 0.261. The van der Waals surface area contributed by atoms with Gasteiger partial charge < -0.3 is 25.1 Å². The molecule has 0 saturated heterocycles. The third kappa shape index (κ3) is 5.14. The zero-order valence-electron chi connectivity index (χ0n) is 18.3. The van der Waals surface area contributed by atoms with Crippen molar-refractivity contribution in [1.29, 1.82) is 0 Å². The first-order valence-corrected chi connectivity index (χ1v) is 10.1. The summed E-state index contributed by atoms with van der Waals surface area (Å²) in [5.74, 6) is -4.92. The summed E-state index contributed by atoms with van der Waals surface area (Å²) in [5, 5.41) is 9.45. The number of esters is 3. The van der Waals surface area contributed by atoms with Crippen LogP contribution in [0.4, 0.5) is 16.2 Å². The summed E-state index contributed by atoms with van der Waals surface area (Å²) in [6.45, 7) is 1.91. The predicted octanol–water partition coefficient (Wildman–Crippen LogP) is 1.99. The SMILES string of the molecule is CC(=O)O[C@@H](C(=O)O)[C@@H](OC(C)=O)C(=O)O[C@@H]1Cc2ccccc2N(C(N)=O)c2ccccc21. The monoisotopic (exact) mass is 470 g/mol. The molecule has 1 heterocycles. The number of carbonyl (C=O) groups is 5. The maximum absolute atomic E-state index is 13.1. The van der Waals surface area contributed by atoms with Gasteiger partial charge in [0.2, 0.25) is 12.2 Å². The van der Waals surface area contributed by atoms with E-state index in [4.69, 9.17) is 19.9 Å². The minimum atomic E-state index is -2.12. The van der Waals surface area contributed by atoms with Crippen molar-refractivity contribution in [3.8, 4) is 0 Å². The van der Waals surface area contributed by atoms with Crippen LogP contribution in [-0.4, -0.2) is 47.2 Å². The highest BCUT2D eigenvalue weighted by atomic mass is 16.6. The van der Waals surface area contributed by atoms with Crippen LogP contribution in [0.5, 0.6) is 0 Å². The number of hydrogen-bond acceptors (Lipinski definition) is 8. The van der Waals surface area contributed by atoms with E-state index >= 15 is 0 Å². The van der Waals surface area contributed by atoms with Crippen LogP contribution < -0.4 is 10.6 Å². The van der Waals surface area contributed by atoms with E-state index in [1.165, 1.54) is 4.90 Å². The number of nitrogens with zero attached hydrogens (tertiary/aromatic N) is 1. The van der Waals surface area contributed by atoms with Crippen molar-refractivity contribution < 1.29 is 43.3 Å². The molecule has 0 aromatic heterocycles. The number of primary amides is 1. The average molecular weight is 470 g/mol. The fourth-order valence-electron chi connectivity index (χ4n) is 3.69. The molecule has 0 unspecified atom stereocenters. The average Bonchev–Trinajstić information content (AvgIpc) is 2.90. The van der Waals surface area contributed by atoms with Gasteiger partial charge in [0.25, 0.3) is 0 Å². The summed E-state index contributed by atoms with van der Waals surface area (Å²) >= 11 is 0. The number of fused-ring (bicyclic) bond motifs is 2. The smallest absolute Gasteiger partial charge is 0.352 e. The maximum Gasteiger partial charge on any atom is 0.352 e. The van der Waals surface area contributed by atoms with Crippen LogP contribution in [0.15, 0.2) is 48.5 Å². The zero-order valence-corrected chi connectivity index (χ0v) is 18.3. The van der Waals surface area contributed by atoms with Gasteiger partial charge in [-0.3, -0.25) is 14.5 Å². The number of carboxylic acids is 1. The zero-order chi connectivity index (χ0) is 25.0. The number of rotatable bonds is 6. The Hall–Kier alpha value is -4.41. The van der Waals surface area contributed by atoms with Gasteiger partial charge in [-0.2, -0.15) is 0 Å². The molecule has 0 aliphatic carbocycles. The number of anilines is 2. The van der Waals surface area contributed by atoms with E-state index in [9.17, 15) is 29.1 Å². The van der Waals surface area contributed by atoms with Crippen molar-refractivity contribution >= 4 is 41.3 Å². The van der Waals surface area contributed by atoms with E-state index in [1.54, 1.807) is 48.5 Å². The van der Waals surface area contributed by atoms with Crippen molar-refractivity contribution in [2.24, 2.45) is 5.73 Å². The highest BCUT2D eigenvalue weighted by Gasteiger charge is 2.42. The Labute approximate surface area is 194 Å². The van der Waals surface area contributed by atoms with Crippen LogP contribution in [-0.2, 0) is 39.8 Å². The second-order valence-corrected chi connectivity index (χ2v) is 7.39. The Bertz CT molecular complexity index is 1150. The topological polar surface area (TPSA) is 163 Å². The second-order valence-electron chi connectivity index (χ2n) is 7.39. The summed E-state index contributed by atoms with van der Waals surface area (Å²) in [6, 6.07) is 12.7. The predicted molar refractivity (Wildman–Crippen MR) is 116 cm³/mol. The molecule has 1 aliphatic rings. The number of carbonyl (C=O) groups excluding carboxylic acids is 4. The first-order chi connectivity index (χ1) is 16.1. The van der Waals surface area contributed by atoms with Crippen molar-refractivity contribution in [2.75, 3.05) is 4.90 Å². The molecular formula is C23H22N2O9. The number of benzene rings is 2. The Morgan fingerprint density at radius 1 is 0.912 bits per heavy atom. The molecule has 0 radical (unpaired) electrons. The Kier molecular flexibility index (Phi) is 7.15. The minimum Gasteiger partial charge on any atom is -0.478 e. The largest absolute Gasteiger partial charge is 0.478 e. The molecule has 11 nitrogen and oxygen atoms in total. The molecule has 0 spiro atoms. The molecule has 3 atom stereocenters. The number of amides is 2. The van der Waals surface area contributed by atoms with Gasteiger partial charge >= 0.3 is 29.9 Å².